The van der Waals surface area contributed by atoms with E-state index in [4.69, 9.17) is 11.6 Å². The van der Waals surface area contributed by atoms with Crippen LogP contribution in [0.3, 0.4) is 0 Å². The quantitative estimate of drug-likeness (QED) is 0.477. The number of benzene rings is 2. The van der Waals surface area contributed by atoms with Gasteiger partial charge in [0.1, 0.15) is 5.82 Å². The second-order valence-corrected chi connectivity index (χ2v) is 7.02. The molecule has 1 heterocycles. The van der Waals surface area contributed by atoms with Crippen molar-refractivity contribution in [1.82, 2.24) is 9.78 Å². The van der Waals surface area contributed by atoms with Gasteiger partial charge < -0.3 is 5.32 Å². The molecule has 0 aliphatic heterocycles. The number of nitrogens with one attached hydrogen (secondary N) is 1. The molecule has 0 atom stereocenters. The van der Waals surface area contributed by atoms with Crippen molar-refractivity contribution >= 4 is 28.9 Å². The minimum Gasteiger partial charge on any atom is -0.319 e. The molecule has 3 aromatic rings. The number of hydrogen-bond donors (Lipinski definition) is 1. The first kappa shape index (κ1) is 20.5. The van der Waals surface area contributed by atoms with Crippen molar-refractivity contribution in [2.45, 2.75) is 27.3 Å². The van der Waals surface area contributed by atoms with Gasteiger partial charge >= 0.3 is 0 Å². The predicted molar refractivity (Wildman–Crippen MR) is 108 cm³/mol. The molecule has 1 amide bonds. The smallest absolute Gasteiger partial charge is 0.272 e. The first-order valence-electron chi connectivity index (χ1n) is 8.72. The number of halogens is 2. The number of aromatic nitrogens is 2. The van der Waals surface area contributed by atoms with Crippen LogP contribution in [0.25, 0.3) is 0 Å². The van der Waals surface area contributed by atoms with Gasteiger partial charge in [-0.25, -0.2) is 4.39 Å². The van der Waals surface area contributed by atoms with Crippen molar-refractivity contribution < 1.29 is 14.1 Å². The Morgan fingerprint density at radius 3 is 2.62 bits per heavy atom. The lowest BCUT2D eigenvalue weighted by Gasteiger charge is -2.09. The van der Waals surface area contributed by atoms with Crippen molar-refractivity contribution in [3.63, 3.8) is 0 Å². The third kappa shape index (κ3) is 4.12. The third-order valence-electron chi connectivity index (χ3n) is 4.65. The van der Waals surface area contributed by atoms with Crippen LogP contribution in [0.4, 0.5) is 15.8 Å². The van der Waals surface area contributed by atoms with Crippen molar-refractivity contribution in [3.8, 4) is 0 Å². The van der Waals surface area contributed by atoms with Crippen molar-refractivity contribution in [1.29, 1.82) is 0 Å². The Morgan fingerprint density at radius 2 is 2.00 bits per heavy atom. The van der Waals surface area contributed by atoms with Gasteiger partial charge in [0, 0.05) is 27.8 Å². The summed E-state index contributed by atoms with van der Waals surface area (Å²) in [5, 5.41) is 18.4. The number of nitrogens with zero attached hydrogens (tertiary/aromatic N) is 3. The molecule has 29 heavy (non-hydrogen) atoms. The molecule has 0 aliphatic carbocycles. The Balaban J connectivity index is 1.86. The van der Waals surface area contributed by atoms with Gasteiger partial charge in [0.25, 0.3) is 11.6 Å². The summed E-state index contributed by atoms with van der Waals surface area (Å²) in [5.74, 6) is -0.852. The fourth-order valence-electron chi connectivity index (χ4n) is 3.05. The second kappa shape index (κ2) is 8.00. The number of anilines is 1. The van der Waals surface area contributed by atoms with E-state index in [0.717, 1.165) is 0 Å². The fraction of sp³-hybridized carbons (Fsp3) is 0.200. The first-order chi connectivity index (χ1) is 13.7. The topological polar surface area (TPSA) is 90.1 Å². The normalized spacial score (nSPS) is 10.8. The molecule has 0 spiro atoms. The summed E-state index contributed by atoms with van der Waals surface area (Å²) in [6, 6.07) is 8.61. The number of nitro groups is 1. The van der Waals surface area contributed by atoms with Crippen LogP contribution in [0, 0.1) is 36.7 Å². The van der Waals surface area contributed by atoms with E-state index >= 15 is 0 Å². The van der Waals surface area contributed by atoms with Crippen LogP contribution in [-0.2, 0) is 6.54 Å². The minimum atomic E-state index is -0.497. The first-order valence-corrected chi connectivity index (χ1v) is 9.10. The molecule has 7 nitrogen and oxygen atoms in total. The lowest BCUT2D eigenvalue weighted by molar-refractivity contribution is -0.385. The van der Waals surface area contributed by atoms with Crippen LogP contribution >= 0.6 is 11.6 Å². The number of amides is 1. The lowest BCUT2D eigenvalue weighted by Crippen LogP contribution is -2.14. The minimum absolute atomic E-state index is 0.0523. The Bertz CT molecular complexity index is 1110. The van der Waals surface area contributed by atoms with Gasteiger partial charge in [-0.05, 0) is 45.0 Å². The zero-order valence-electron chi connectivity index (χ0n) is 16.0. The van der Waals surface area contributed by atoms with Gasteiger partial charge in [-0.15, -0.1) is 0 Å². The second-order valence-electron chi connectivity index (χ2n) is 6.62. The molecule has 1 N–H and O–H groups in total. The average Bonchev–Trinajstić information content (AvgIpc) is 2.91. The Hall–Kier alpha value is -3.26. The molecule has 150 valence electrons. The molecular weight excluding hydrogens is 399 g/mol. The molecule has 0 saturated carbocycles. The van der Waals surface area contributed by atoms with Crippen molar-refractivity contribution in [3.05, 3.63) is 85.4 Å². The Morgan fingerprint density at radius 1 is 1.28 bits per heavy atom. The van der Waals surface area contributed by atoms with Gasteiger partial charge in [-0.1, -0.05) is 17.7 Å². The summed E-state index contributed by atoms with van der Waals surface area (Å²) >= 11 is 6.09. The molecule has 9 heteroatoms. The van der Waals surface area contributed by atoms with E-state index < -0.39 is 16.6 Å². The number of aryl methyl sites for hydroxylation is 2. The molecule has 2 aromatic carbocycles. The molecule has 0 radical (unpaired) electrons. The molecule has 0 bridgehead atoms. The number of rotatable bonds is 5. The number of carbonyl (C=O) groups is 1. The van der Waals surface area contributed by atoms with Crippen LogP contribution < -0.4 is 5.32 Å². The van der Waals surface area contributed by atoms with E-state index in [0.29, 0.717) is 33.2 Å². The van der Waals surface area contributed by atoms with Crippen LogP contribution in [0.15, 0.2) is 36.4 Å². The summed E-state index contributed by atoms with van der Waals surface area (Å²) in [5.41, 5.74) is 2.62. The van der Waals surface area contributed by atoms with Gasteiger partial charge in [0.15, 0.2) is 0 Å². The summed E-state index contributed by atoms with van der Waals surface area (Å²) < 4.78 is 15.7. The molecule has 0 aliphatic rings. The highest BCUT2D eigenvalue weighted by molar-refractivity contribution is 6.31. The molecule has 0 saturated heterocycles. The van der Waals surface area contributed by atoms with Gasteiger partial charge in [0.05, 0.1) is 28.5 Å². The Labute approximate surface area is 171 Å². The molecule has 0 fully saturated rings. The molecule has 1 aromatic heterocycles. The van der Waals surface area contributed by atoms with Crippen LogP contribution in [-0.4, -0.2) is 20.6 Å². The summed E-state index contributed by atoms with van der Waals surface area (Å²) in [6.45, 7) is 5.17. The predicted octanol–water partition coefficient (Wildman–Crippen LogP) is 4.81. The Kier molecular flexibility index (Phi) is 5.65. The zero-order valence-corrected chi connectivity index (χ0v) is 16.7. The monoisotopic (exact) mass is 416 g/mol. The molecular formula is C20H18ClFN4O3. The standard InChI is InChI=1S/C20H18ClFN4O3/c1-11-9-14(7-8-18(11)26(28)29)20(27)23-19-12(2)24-25(13(19)3)10-15-16(21)5-4-6-17(15)22/h4-9H,10H2,1-3H3,(H,23,27). The van der Waals surface area contributed by atoms with Crippen LogP contribution in [0.1, 0.15) is 32.9 Å². The van der Waals surface area contributed by atoms with E-state index in [9.17, 15) is 19.3 Å². The summed E-state index contributed by atoms with van der Waals surface area (Å²) in [7, 11) is 0. The highest BCUT2D eigenvalue weighted by Crippen LogP contribution is 2.25. The summed E-state index contributed by atoms with van der Waals surface area (Å²) in [6.07, 6.45) is 0. The SMILES string of the molecule is Cc1cc(C(=O)Nc2c(C)nn(Cc3c(F)cccc3Cl)c2C)ccc1[N+](=O)[O-]. The maximum Gasteiger partial charge on any atom is 0.272 e. The van der Waals surface area contributed by atoms with Gasteiger partial charge in [-0.3, -0.25) is 19.6 Å². The van der Waals surface area contributed by atoms with E-state index in [-0.39, 0.29) is 17.8 Å². The van der Waals surface area contributed by atoms with E-state index in [1.54, 1.807) is 31.5 Å². The maximum absolute atomic E-state index is 14.1. The van der Waals surface area contributed by atoms with E-state index in [1.165, 1.54) is 30.3 Å². The average molecular weight is 417 g/mol. The number of nitro benzene ring substituents is 1. The third-order valence-corrected chi connectivity index (χ3v) is 5.00. The fourth-order valence-corrected chi connectivity index (χ4v) is 3.27. The lowest BCUT2D eigenvalue weighted by atomic mass is 10.1. The zero-order chi connectivity index (χ0) is 21.3. The van der Waals surface area contributed by atoms with Crippen LogP contribution in [0.2, 0.25) is 5.02 Å². The van der Waals surface area contributed by atoms with Crippen molar-refractivity contribution in [2.24, 2.45) is 0 Å². The van der Waals surface area contributed by atoms with Crippen LogP contribution in [0.5, 0.6) is 0 Å². The number of carbonyl (C=O) groups excluding carboxylic acids is 1. The van der Waals surface area contributed by atoms with E-state index in [2.05, 4.69) is 10.4 Å². The maximum atomic E-state index is 14.1. The van der Waals surface area contributed by atoms with Crippen molar-refractivity contribution in [2.75, 3.05) is 5.32 Å². The number of hydrogen-bond acceptors (Lipinski definition) is 4. The van der Waals surface area contributed by atoms with Gasteiger partial charge in [-0.2, -0.15) is 5.10 Å². The summed E-state index contributed by atoms with van der Waals surface area (Å²) in [4.78, 5) is 23.1. The molecule has 0 unspecified atom stereocenters. The highest BCUT2D eigenvalue weighted by Gasteiger charge is 2.19. The van der Waals surface area contributed by atoms with E-state index in [1.807, 2.05) is 0 Å². The highest BCUT2D eigenvalue weighted by atomic mass is 35.5. The molecule has 3 rings (SSSR count). The van der Waals surface area contributed by atoms with Gasteiger partial charge in [0.2, 0.25) is 0 Å². The largest absolute Gasteiger partial charge is 0.319 e.